The number of nitrogens with one attached hydrogen (secondary N) is 1. The quantitative estimate of drug-likeness (QED) is 0.719. The molecule has 0 radical (unpaired) electrons. The fraction of sp³-hybridized carbons (Fsp3) is 0.467. The number of hydrogen-bond acceptors (Lipinski definition) is 5. The molecule has 1 heterocycles. The molecule has 2 rings (SSSR count). The Morgan fingerprint density at radius 3 is 2.85 bits per heavy atom. The molecule has 20 heavy (non-hydrogen) atoms. The molecule has 5 heteroatoms. The predicted molar refractivity (Wildman–Crippen MR) is 76.8 cm³/mol. The van der Waals surface area contributed by atoms with Gasteiger partial charge in [-0.1, -0.05) is 26.0 Å². The summed E-state index contributed by atoms with van der Waals surface area (Å²) in [5.41, 5.74) is 0.598. The molecule has 5 nitrogen and oxygen atoms in total. The molecule has 1 unspecified atom stereocenters. The maximum absolute atomic E-state index is 9.82. The van der Waals surface area contributed by atoms with Gasteiger partial charge in [-0.25, -0.2) is 0 Å². The summed E-state index contributed by atoms with van der Waals surface area (Å²) in [5, 5.41) is 22.9. The van der Waals surface area contributed by atoms with Gasteiger partial charge in [0.25, 0.3) is 0 Å². The maximum atomic E-state index is 9.82. The van der Waals surface area contributed by atoms with Crippen LogP contribution in [0, 0.1) is 0 Å². The molecule has 0 aliphatic carbocycles. The van der Waals surface area contributed by atoms with Crippen LogP contribution in [0.2, 0.25) is 0 Å². The fourth-order valence-electron chi connectivity index (χ4n) is 1.90. The number of aliphatic hydroxyl groups excluding tert-OH is 2. The van der Waals surface area contributed by atoms with Crippen molar-refractivity contribution in [3.8, 4) is 5.75 Å². The van der Waals surface area contributed by atoms with E-state index < -0.39 is 6.10 Å². The van der Waals surface area contributed by atoms with Crippen LogP contribution in [0.4, 0.5) is 0 Å². The predicted octanol–water partition coefficient (Wildman–Crippen LogP) is 1.66. The fourth-order valence-corrected chi connectivity index (χ4v) is 1.90. The maximum Gasteiger partial charge on any atom is 0.176 e. The number of rotatable bonds is 7. The molecule has 1 aromatic heterocycles. The van der Waals surface area contributed by atoms with E-state index in [0.29, 0.717) is 29.7 Å². The number of aliphatic hydroxyl groups is 2. The van der Waals surface area contributed by atoms with Gasteiger partial charge >= 0.3 is 0 Å². The molecule has 110 valence electrons. The summed E-state index contributed by atoms with van der Waals surface area (Å²) in [4.78, 5) is 0. The largest absolute Gasteiger partial charge is 0.487 e. The topological polar surface area (TPSA) is 74.9 Å². The van der Waals surface area contributed by atoms with Crippen molar-refractivity contribution in [1.82, 2.24) is 5.32 Å². The van der Waals surface area contributed by atoms with Gasteiger partial charge in [0.15, 0.2) is 11.3 Å². The van der Waals surface area contributed by atoms with Gasteiger partial charge in [0.05, 0.1) is 0 Å². The SMILES string of the molecule is CC(C)NCC(O)COc1cccc2cc(CO)oc12. The molecular formula is C15H21NO4. The Bertz CT molecular complexity index is 550. The van der Waals surface area contributed by atoms with Crippen LogP contribution in [-0.2, 0) is 6.61 Å². The van der Waals surface area contributed by atoms with Gasteiger partial charge in [-0.05, 0) is 12.1 Å². The molecular weight excluding hydrogens is 258 g/mol. The smallest absolute Gasteiger partial charge is 0.176 e. The third-order valence-electron chi connectivity index (χ3n) is 2.91. The van der Waals surface area contributed by atoms with Crippen molar-refractivity contribution in [2.45, 2.75) is 32.6 Å². The number of furan rings is 1. The standard InChI is InChI=1S/C15H21NO4/c1-10(2)16-7-12(18)9-19-14-5-3-4-11-6-13(8-17)20-15(11)14/h3-6,10,12,16-18H,7-9H2,1-2H3. The molecule has 2 aromatic rings. The van der Waals surface area contributed by atoms with Crippen molar-refractivity contribution in [2.24, 2.45) is 0 Å². The number of ether oxygens (including phenoxy) is 1. The van der Waals surface area contributed by atoms with Gasteiger partial charge < -0.3 is 24.7 Å². The van der Waals surface area contributed by atoms with E-state index >= 15 is 0 Å². The highest BCUT2D eigenvalue weighted by atomic mass is 16.5. The minimum atomic E-state index is -0.583. The minimum absolute atomic E-state index is 0.144. The number of fused-ring (bicyclic) bond motifs is 1. The van der Waals surface area contributed by atoms with Crippen LogP contribution < -0.4 is 10.1 Å². The lowest BCUT2D eigenvalue weighted by molar-refractivity contribution is 0.105. The summed E-state index contributed by atoms with van der Waals surface area (Å²) in [7, 11) is 0. The second-order valence-corrected chi connectivity index (χ2v) is 5.07. The normalized spacial score (nSPS) is 13.1. The average Bonchev–Trinajstić information content (AvgIpc) is 2.86. The van der Waals surface area contributed by atoms with Crippen molar-refractivity contribution in [2.75, 3.05) is 13.2 Å². The first kappa shape index (κ1) is 14.8. The number of hydrogen-bond donors (Lipinski definition) is 3. The Morgan fingerprint density at radius 1 is 1.35 bits per heavy atom. The van der Waals surface area contributed by atoms with Crippen LogP contribution >= 0.6 is 0 Å². The second kappa shape index (κ2) is 6.74. The van der Waals surface area contributed by atoms with Crippen LogP contribution in [0.25, 0.3) is 11.0 Å². The van der Waals surface area contributed by atoms with E-state index in [9.17, 15) is 5.11 Å². The Hall–Kier alpha value is -1.56. The van der Waals surface area contributed by atoms with E-state index in [1.54, 1.807) is 12.1 Å². The van der Waals surface area contributed by atoms with E-state index in [1.807, 2.05) is 26.0 Å². The van der Waals surface area contributed by atoms with Crippen LogP contribution in [0.3, 0.4) is 0 Å². The van der Waals surface area contributed by atoms with Crippen molar-refractivity contribution in [3.63, 3.8) is 0 Å². The van der Waals surface area contributed by atoms with Gasteiger partial charge in [0.1, 0.15) is 25.1 Å². The van der Waals surface area contributed by atoms with E-state index in [0.717, 1.165) is 5.39 Å². The monoisotopic (exact) mass is 279 g/mol. The molecule has 0 fully saturated rings. The van der Waals surface area contributed by atoms with E-state index in [1.165, 1.54) is 0 Å². The van der Waals surface area contributed by atoms with Crippen molar-refractivity contribution in [1.29, 1.82) is 0 Å². The first-order chi connectivity index (χ1) is 9.60. The van der Waals surface area contributed by atoms with Crippen molar-refractivity contribution < 1.29 is 19.4 Å². The lowest BCUT2D eigenvalue weighted by Gasteiger charge is -2.15. The number of benzene rings is 1. The van der Waals surface area contributed by atoms with E-state index in [-0.39, 0.29) is 13.2 Å². The molecule has 0 saturated carbocycles. The molecule has 0 bridgehead atoms. The van der Waals surface area contributed by atoms with Crippen molar-refractivity contribution in [3.05, 3.63) is 30.0 Å². The summed E-state index contributed by atoms with van der Waals surface area (Å²) < 4.78 is 11.1. The lowest BCUT2D eigenvalue weighted by Crippen LogP contribution is -2.35. The highest BCUT2D eigenvalue weighted by Crippen LogP contribution is 2.28. The zero-order chi connectivity index (χ0) is 14.5. The van der Waals surface area contributed by atoms with Gasteiger partial charge in [-0.2, -0.15) is 0 Å². The first-order valence-electron chi connectivity index (χ1n) is 6.76. The van der Waals surface area contributed by atoms with Crippen molar-refractivity contribution >= 4 is 11.0 Å². The molecule has 0 aliphatic heterocycles. The Balaban J connectivity index is 2.00. The second-order valence-electron chi connectivity index (χ2n) is 5.07. The highest BCUT2D eigenvalue weighted by molar-refractivity contribution is 5.83. The zero-order valence-corrected chi connectivity index (χ0v) is 11.8. The summed E-state index contributed by atoms with van der Waals surface area (Å²) in [6, 6.07) is 7.63. The van der Waals surface area contributed by atoms with Gasteiger partial charge in [-0.15, -0.1) is 0 Å². The Labute approximate surface area is 118 Å². The third-order valence-corrected chi connectivity index (χ3v) is 2.91. The third kappa shape index (κ3) is 3.72. The molecule has 0 saturated heterocycles. The molecule has 0 aliphatic rings. The zero-order valence-electron chi connectivity index (χ0n) is 11.8. The highest BCUT2D eigenvalue weighted by Gasteiger charge is 2.11. The summed E-state index contributed by atoms with van der Waals surface area (Å²) in [6.07, 6.45) is -0.583. The molecule has 1 atom stereocenters. The summed E-state index contributed by atoms with van der Waals surface area (Å²) in [5.74, 6) is 1.07. The van der Waals surface area contributed by atoms with Crippen LogP contribution in [0.15, 0.2) is 28.7 Å². The van der Waals surface area contributed by atoms with E-state index in [2.05, 4.69) is 5.32 Å². The first-order valence-corrected chi connectivity index (χ1v) is 6.76. The summed E-state index contributed by atoms with van der Waals surface area (Å²) >= 11 is 0. The molecule has 3 N–H and O–H groups in total. The Kier molecular flexibility index (Phi) is 5.00. The van der Waals surface area contributed by atoms with Gasteiger partial charge in [0.2, 0.25) is 0 Å². The van der Waals surface area contributed by atoms with Gasteiger partial charge in [0, 0.05) is 18.0 Å². The number of para-hydroxylation sites is 1. The van der Waals surface area contributed by atoms with Gasteiger partial charge in [-0.3, -0.25) is 0 Å². The van der Waals surface area contributed by atoms with Crippen LogP contribution in [0.1, 0.15) is 19.6 Å². The van der Waals surface area contributed by atoms with E-state index in [4.69, 9.17) is 14.3 Å². The lowest BCUT2D eigenvalue weighted by atomic mass is 10.2. The minimum Gasteiger partial charge on any atom is -0.487 e. The Morgan fingerprint density at radius 2 is 2.15 bits per heavy atom. The average molecular weight is 279 g/mol. The summed E-state index contributed by atoms with van der Waals surface area (Å²) in [6.45, 7) is 4.57. The molecule has 0 amide bonds. The van der Waals surface area contributed by atoms with Crippen LogP contribution in [-0.4, -0.2) is 35.5 Å². The molecule has 1 aromatic carbocycles. The van der Waals surface area contributed by atoms with Crippen LogP contribution in [0.5, 0.6) is 5.75 Å². The molecule has 0 spiro atoms.